The maximum atomic E-state index is 12.7. The van der Waals surface area contributed by atoms with Gasteiger partial charge in [0.25, 0.3) is 5.91 Å². The van der Waals surface area contributed by atoms with Crippen molar-refractivity contribution in [2.45, 2.75) is 13.1 Å². The van der Waals surface area contributed by atoms with Crippen LogP contribution >= 0.6 is 0 Å². The average molecular weight is 386 g/mol. The Labute approximate surface area is 169 Å². The number of rotatable bonds is 6. The first-order chi connectivity index (χ1) is 14.2. The number of para-hydroxylation sites is 3. The highest BCUT2D eigenvalue weighted by Gasteiger charge is 2.18. The minimum atomic E-state index is -0.138. The SMILES string of the molecule is COc1ccccc1Cn1c(CN(C)C(=O)c2ccccn2)nc2ccccc21. The molecule has 146 valence electrons. The molecule has 4 rings (SSSR count). The second-order valence-electron chi connectivity index (χ2n) is 6.79. The van der Waals surface area contributed by atoms with Crippen LogP contribution in [0.3, 0.4) is 0 Å². The van der Waals surface area contributed by atoms with Crippen molar-refractivity contribution in [3.8, 4) is 5.75 Å². The number of amides is 1. The first kappa shape index (κ1) is 18.7. The number of benzene rings is 2. The van der Waals surface area contributed by atoms with Crippen LogP contribution in [0.25, 0.3) is 11.0 Å². The summed E-state index contributed by atoms with van der Waals surface area (Å²) in [5.41, 5.74) is 3.39. The van der Waals surface area contributed by atoms with Gasteiger partial charge in [0.15, 0.2) is 0 Å². The van der Waals surface area contributed by atoms with E-state index in [1.54, 1.807) is 37.4 Å². The number of pyridine rings is 1. The maximum absolute atomic E-state index is 12.7. The Bertz CT molecular complexity index is 1140. The van der Waals surface area contributed by atoms with Gasteiger partial charge in [0.1, 0.15) is 17.3 Å². The number of carbonyl (C=O) groups is 1. The molecule has 0 spiro atoms. The highest BCUT2D eigenvalue weighted by atomic mass is 16.5. The standard InChI is InChI=1S/C23H22N4O2/c1-26(23(28)19-11-7-8-14-24-19)16-22-25-18-10-4-5-12-20(18)27(22)15-17-9-3-6-13-21(17)29-2/h3-14H,15-16H2,1-2H3. The summed E-state index contributed by atoms with van der Waals surface area (Å²) in [4.78, 5) is 23.3. The van der Waals surface area contributed by atoms with E-state index in [9.17, 15) is 4.79 Å². The van der Waals surface area contributed by atoms with Crippen molar-refractivity contribution < 1.29 is 9.53 Å². The smallest absolute Gasteiger partial charge is 0.272 e. The fourth-order valence-corrected chi connectivity index (χ4v) is 3.40. The molecule has 0 aliphatic heterocycles. The van der Waals surface area contributed by atoms with Gasteiger partial charge in [-0.3, -0.25) is 9.78 Å². The van der Waals surface area contributed by atoms with E-state index in [0.29, 0.717) is 18.8 Å². The van der Waals surface area contributed by atoms with Crippen molar-refractivity contribution in [2.75, 3.05) is 14.2 Å². The van der Waals surface area contributed by atoms with Gasteiger partial charge in [-0.2, -0.15) is 0 Å². The summed E-state index contributed by atoms with van der Waals surface area (Å²) in [5.74, 6) is 1.50. The lowest BCUT2D eigenvalue weighted by molar-refractivity contribution is 0.0774. The molecule has 0 unspecified atom stereocenters. The lowest BCUT2D eigenvalue weighted by Crippen LogP contribution is -2.28. The van der Waals surface area contributed by atoms with Crippen LogP contribution in [-0.2, 0) is 13.1 Å². The number of hydrogen-bond acceptors (Lipinski definition) is 4. The largest absolute Gasteiger partial charge is 0.496 e. The quantitative estimate of drug-likeness (QED) is 0.506. The molecule has 0 fully saturated rings. The van der Waals surface area contributed by atoms with E-state index in [4.69, 9.17) is 9.72 Å². The van der Waals surface area contributed by atoms with Crippen molar-refractivity contribution in [3.63, 3.8) is 0 Å². The lowest BCUT2D eigenvalue weighted by atomic mass is 10.2. The van der Waals surface area contributed by atoms with Crippen LogP contribution in [0.1, 0.15) is 21.9 Å². The average Bonchev–Trinajstić information content (AvgIpc) is 3.11. The van der Waals surface area contributed by atoms with Gasteiger partial charge in [-0.25, -0.2) is 4.98 Å². The van der Waals surface area contributed by atoms with E-state index in [1.807, 2.05) is 54.6 Å². The van der Waals surface area contributed by atoms with Gasteiger partial charge in [0.05, 0.1) is 31.2 Å². The van der Waals surface area contributed by atoms with Crippen LogP contribution in [0.4, 0.5) is 0 Å². The molecular formula is C23H22N4O2. The zero-order valence-corrected chi connectivity index (χ0v) is 16.4. The molecule has 0 radical (unpaired) electrons. The minimum Gasteiger partial charge on any atom is -0.496 e. The van der Waals surface area contributed by atoms with Crippen LogP contribution in [0.15, 0.2) is 72.9 Å². The zero-order chi connectivity index (χ0) is 20.2. The predicted octanol–water partition coefficient (Wildman–Crippen LogP) is 3.76. The Morgan fingerprint density at radius 3 is 2.59 bits per heavy atom. The number of methoxy groups -OCH3 is 1. The molecule has 0 N–H and O–H groups in total. The van der Waals surface area contributed by atoms with E-state index in [0.717, 1.165) is 28.2 Å². The Kier molecular flexibility index (Phi) is 5.24. The number of aromatic nitrogens is 3. The Balaban J connectivity index is 1.69. The van der Waals surface area contributed by atoms with Gasteiger partial charge in [0, 0.05) is 18.8 Å². The third-order valence-corrected chi connectivity index (χ3v) is 4.86. The van der Waals surface area contributed by atoms with Crippen LogP contribution in [0.5, 0.6) is 5.75 Å². The molecule has 0 atom stereocenters. The first-order valence-corrected chi connectivity index (χ1v) is 9.40. The third-order valence-electron chi connectivity index (χ3n) is 4.86. The van der Waals surface area contributed by atoms with Gasteiger partial charge in [0.2, 0.25) is 0 Å². The number of fused-ring (bicyclic) bond motifs is 1. The highest BCUT2D eigenvalue weighted by Crippen LogP contribution is 2.23. The Morgan fingerprint density at radius 2 is 1.79 bits per heavy atom. The van der Waals surface area contributed by atoms with Crippen molar-refractivity contribution in [1.82, 2.24) is 19.4 Å². The lowest BCUT2D eigenvalue weighted by Gasteiger charge is -2.18. The van der Waals surface area contributed by atoms with E-state index < -0.39 is 0 Å². The summed E-state index contributed by atoms with van der Waals surface area (Å²) < 4.78 is 7.65. The number of hydrogen-bond donors (Lipinski definition) is 0. The molecule has 0 saturated carbocycles. The van der Waals surface area contributed by atoms with Crippen molar-refractivity contribution in [2.24, 2.45) is 0 Å². The molecule has 2 aromatic carbocycles. The second-order valence-corrected chi connectivity index (χ2v) is 6.79. The molecule has 1 amide bonds. The Morgan fingerprint density at radius 1 is 1.03 bits per heavy atom. The number of ether oxygens (including phenoxy) is 1. The molecule has 6 heteroatoms. The normalized spacial score (nSPS) is 10.8. The molecule has 29 heavy (non-hydrogen) atoms. The van der Waals surface area contributed by atoms with E-state index in [2.05, 4.69) is 9.55 Å². The fourth-order valence-electron chi connectivity index (χ4n) is 3.40. The van der Waals surface area contributed by atoms with Gasteiger partial charge < -0.3 is 14.2 Å². The molecule has 0 aliphatic carbocycles. The van der Waals surface area contributed by atoms with Crippen LogP contribution in [0, 0.1) is 0 Å². The molecule has 0 bridgehead atoms. The number of imidazole rings is 1. The molecule has 6 nitrogen and oxygen atoms in total. The maximum Gasteiger partial charge on any atom is 0.272 e. The summed E-state index contributed by atoms with van der Waals surface area (Å²) in [5, 5.41) is 0. The monoisotopic (exact) mass is 386 g/mol. The third kappa shape index (κ3) is 3.82. The van der Waals surface area contributed by atoms with E-state index >= 15 is 0 Å². The molecule has 4 aromatic rings. The minimum absolute atomic E-state index is 0.138. The molecule has 0 saturated heterocycles. The summed E-state index contributed by atoms with van der Waals surface area (Å²) in [6, 6.07) is 21.3. The van der Waals surface area contributed by atoms with E-state index in [1.165, 1.54) is 0 Å². The predicted molar refractivity (Wildman–Crippen MR) is 112 cm³/mol. The van der Waals surface area contributed by atoms with Gasteiger partial charge in [-0.1, -0.05) is 36.4 Å². The van der Waals surface area contributed by atoms with Gasteiger partial charge in [-0.05, 0) is 30.3 Å². The molecule has 2 aromatic heterocycles. The second kappa shape index (κ2) is 8.14. The summed E-state index contributed by atoms with van der Waals surface area (Å²) >= 11 is 0. The van der Waals surface area contributed by atoms with Crippen LogP contribution < -0.4 is 4.74 Å². The number of carbonyl (C=O) groups excluding carboxylic acids is 1. The van der Waals surface area contributed by atoms with Crippen molar-refractivity contribution in [3.05, 3.63) is 90.0 Å². The van der Waals surface area contributed by atoms with Crippen molar-refractivity contribution in [1.29, 1.82) is 0 Å². The molecule has 2 heterocycles. The van der Waals surface area contributed by atoms with Crippen LogP contribution in [-0.4, -0.2) is 39.5 Å². The summed E-state index contributed by atoms with van der Waals surface area (Å²) in [7, 11) is 3.44. The first-order valence-electron chi connectivity index (χ1n) is 9.40. The summed E-state index contributed by atoms with van der Waals surface area (Å²) in [6.07, 6.45) is 1.62. The van der Waals surface area contributed by atoms with Crippen LogP contribution in [0.2, 0.25) is 0 Å². The summed E-state index contributed by atoms with van der Waals surface area (Å²) in [6.45, 7) is 0.977. The van der Waals surface area contributed by atoms with Gasteiger partial charge >= 0.3 is 0 Å². The van der Waals surface area contributed by atoms with Crippen molar-refractivity contribution >= 4 is 16.9 Å². The Hall–Kier alpha value is -3.67. The molecule has 0 aliphatic rings. The number of nitrogens with zero attached hydrogens (tertiary/aromatic N) is 4. The zero-order valence-electron chi connectivity index (χ0n) is 16.4. The van der Waals surface area contributed by atoms with Gasteiger partial charge in [-0.15, -0.1) is 0 Å². The highest BCUT2D eigenvalue weighted by molar-refractivity contribution is 5.92. The topological polar surface area (TPSA) is 60.2 Å². The molecular weight excluding hydrogens is 364 g/mol. The fraction of sp³-hybridized carbons (Fsp3) is 0.174. The van der Waals surface area contributed by atoms with E-state index in [-0.39, 0.29) is 5.91 Å².